The minimum atomic E-state index is -0.0146. The van der Waals surface area contributed by atoms with Gasteiger partial charge in [-0.05, 0) is 57.5 Å². The van der Waals surface area contributed by atoms with E-state index in [0.717, 1.165) is 65.0 Å². The molecule has 3 fully saturated rings. The summed E-state index contributed by atoms with van der Waals surface area (Å²) in [5.41, 5.74) is 0. The number of piperidine rings is 1. The average Bonchev–Trinajstić information content (AvgIpc) is 3.30. The van der Waals surface area contributed by atoms with Crippen LogP contribution in [-0.4, -0.2) is 84.9 Å². The molecule has 3 rings (SSSR count). The first-order valence-corrected chi connectivity index (χ1v) is 12.7. The van der Waals surface area contributed by atoms with Crippen molar-refractivity contribution in [3.05, 3.63) is 0 Å². The van der Waals surface area contributed by atoms with Crippen LogP contribution < -0.4 is 5.32 Å². The van der Waals surface area contributed by atoms with Crippen molar-refractivity contribution in [2.24, 2.45) is 11.8 Å². The third-order valence-electron chi connectivity index (χ3n) is 7.65. The molecule has 2 amide bonds. The van der Waals surface area contributed by atoms with Crippen molar-refractivity contribution in [2.45, 2.75) is 77.7 Å². The van der Waals surface area contributed by atoms with Crippen LogP contribution in [0.5, 0.6) is 0 Å². The van der Waals surface area contributed by atoms with Gasteiger partial charge in [-0.15, -0.1) is 0 Å². The molecule has 2 saturated heterocycles. The third kappa shape index (κ3) is 6.19. The summed E-state index contributed by atoms with van der Waals surface area (Å²) < 4.78 is 0. The molecule has 172 valence electrons. The first kappa shape index (κ1) is 23.5. The highest BCUT2D eigenvalue weighted by molar-refractivity contribution is 5.82. The topological polar surface area (TPSA) is 55.9 Å². The van der Waals surface area contributed by atoms with Crippen molar-refractivity contribution < 1.29 is 9.59 Å². The number of likely N-dealkylation sites (tertiary alicyclic amines) is 1. The lowest BCUT2D eigenvalue weighted by atomic mass is 9.94. The van der Waals surface area contributed by atoms with Crippen LogP contribution in [0.3, 0.4) is 0 Å². The molecule has 0 aromatic rings. The van der Waals surface area contributed by atoms with Crippen LogP contribution >= 0.6 is 0 Å². The Morgan fingerprint density at radius 1 is 0.867 bits per heavy atom. The van der Waals surface area contributed by atoms with Crippen LogP contribution in [0, 0.1) is 11.8 Å². The minimum Gasteiger partial charge on any atom is -0.353 e. The van der Waals surface area contributed by atoms with E-state index in [1.165, 1.54) is 45.2 Å². The third-order valence-corrected chi connectivity index (χ3v) is 7.65. The molecule has 0 bridgehead atoms. The van der Waals surface area contributed by atoms with Gasteiger partial charge in [-0.2, -0.15) is 0 Å². The fourth-order valence-corrected chi connectivity index (χ4v) is 5.69. The first-order valence-electron chi connectivity index (χ1n) is 12.7. The van der Waals surface area contributed by atoms with E-state index >= 15 is 0 Å². The zero-order chi connectivity index (χ0) is 21.3. The van der Waals surface area contributed by atoms with E-state index in [9.17, 15) is 9.59 Å². The molecule has 6 nitrogen and oxygen atoms in total. The van der Waals surface area contributed by atoms with Crippen LogP contribution in [0.4, 0.5) is 0 Å². The highest BCUT2D eigenvalue weighted by Gasteiger charge is 2.37. The van der Waals surface area contributed by atoms with Crippen molar-refractivity contribution in [3.63, 3.8) is 0 Å². The molecule has 2 heterocycles. The van der Waals surface area contributed by atoms with E-state index in [-0.39, 0.29) is 17.9 Å². The Morgan fingerprint density at radius 2 is 1.50 bits per heavy atom. The molecule has 3 aliphatic rings. The zero-order valence-electron chi connectivity index (χ0n) is 19.4. The molecule has 1 saturated carbocycles. The smallest absolute Gasteiger partial charge is 0.237 e. The summed E-state index contributed by atoms with van der Waals surface area (Å²) in [6, 6.07) is -0.0146. The first-order chi connectivity index (χ1) is 14.6. The lowest BCUT2D eigenvalue weighted by Gasteiger charge is -2.41. The Labute approximate surface area is 183 Å². The molecular formula is C24H44N4O2. The Hall–Kier alpha value is -1.14. The lowest BCUT2D eigenvalue weighted by molar-refractivity contribution is -0.139. The number of hydrogen-bond donors (Lipinski definition) is 1. The van der Waals surface area contributed by atoms with E-state index in [1.54, 1.807) is 0 Å². The van der Waals surface area contributed by atoms with Gasteiger partial charge >= 0.3 is 0 Å². The number of rotatable bonds is 9. The molecule has 1 atom stereocenters. The predicted molar refractivity (Wildman–Crippen MR) is 121 cm³/mol. The second kappa shape index (κ2) is 12.0. The number of amides is 2. The highest BCUT2D eigenvalue weighted by Crippen LogP contribution is 2.31. The van der Waals surface area contributed by atoms with Crippen molar-refractivity contribution in [1.29, 1.82) is 0 Å². The Balaban J connectivity index is 1.52. The monoisotopic (exact) mass is 420 g/mol. The molecule has 30 heavy (non-hydrogen) atoms. The molecule has 0 aromatic carbocycles. The SMILES string of the molecule is CCC(CC)C(=O)N1CCN(C(C(=O)NCCN2CCCCC2)C2CCCC2)CC1. The molecule has 0 aromatic heterocycles. The number of carbonyl (C=O) groups excluding carboxylic acids is 2. The van der Waals surface area contributed by atoms with Crippen LogP contribution in [0.15, 0.2) is 0 Å². The molecule has 6 heteroatoms. The normalized spacial score (nSPS) is 23.1. The Kier molecular flexibility index (Phi) is 9.44. The summed E-state index contributed by atoms with van der Waals surface area (Å²) >= 11 is 0. The van der Waals surface area contributed by atoms with Gasteiger partial charge in [-0.3, -0.25) is 14.5 Å². The van der Waals surface area contributed by atoms with Gasteiger partial charge in [-0.25, -0.2) is 0 Å². The lowest BCUT2D eigenvalue weighted by Crippen LogP contribution is -2.58. The van der Waals surface area contributed by atoms with Crippen LogP contribution in [0.2, 0.25) is 0 Å². The van der Waals surface area contributed by atoms with Crippen molar-refractivity contribution in [1.82, 2.24) is 20.0 Å². The highest BCUT2D eigenvalue weighted by atomic mass is 16.2. The number of hydrogen-bond acceptors (Lipinski definition) is 4. The maximum Gasteiger partial charge on any atom is 0.237 e. The molecule has 1 unspecified atom stereocenters. The molecule has 0 radical (unpaired) electrons. The van der Waals surface area contributed by atoms with Gasteiger partial charge in [0.05, 0.1) is 6.04 Å². The minimum absolute atomic E-state index is 0.0146. The quantitative estimate of drug-likeness (QED) is 0.623. The summed E-state index contributed by atoms with van der Waals surface area (Å²) in [6.07, 6.45) is 10.6. The molecule has 2 aliphatic heterocycles. The summed E-state index contributed by atoms with van der Waals surface area (Å²) in [5, 5.41) is 3.27. The van der Waals surface area contributed by atoms with E-state index in [1.807, 2.05) is 4.90 Å². The maximum absolute atomic E-state index is 13.2. The van der Waals surface area contributed by atoms with Crippen LogP contribution in [0.25, 0.3) is 0 Å². The predicted octanol–water partition coefficient (Wildman–Crippen LogP) is 2.73. The van der Waals surface area contributed by atoms with E-state index < -0.39 is 0 Å². The zero-order valence-corrected chi connectivity index (χ0v) is 19.4. The van der Waals surface area contributed by atoms with E-state index in [0.29, 0.717) is 11.8 Å². The van der Waals surface area contributed by atoms with Crippen molar-refractivity contribution in [3.8, 4) is 0 Å². The Bertz CT molecular complexity index is 531. The number of piperazine rings is 1. The van der Waals surface area contributed by atoms with Crippen LogP contribution in [0.1, 0.15) is 71.6 Å². The standard InChI is InChI=1S/C24H44N4O2/c1-3-20(4-2)24(30)28-18-16-27(17-19-28)22(21-10-6-7-11-21)23(29)25-12-15-26-13-8-5-9-14-26/h20-22H,3-19H2,1-2H3,(H,25,29). The second-order valence-corrected chi connectivity index (χ2v) is 9.56. The molecule has 0 spiro atoms. The van der Waals surface area contributed by atoms with Crippen molar-refractivity contribution in [2.75, 3.05) is 52.4 Å². The summed E-state index contributed by atoms with van der Waals surface area (Å²) in [6.45, 7) is 11.5. The van der Waals surface area contributed by atoms with Gasteiger partial charge in [0.2, 0.25) is 11.8 Å². The maximum atomic E-state index is 13.2. The fraction of sp³-hybridized carbons (Fsp3) is 0.917. The molecule has 1 aliphatic carbocycles. The Morgan fingerprint density at radius 3 is 2.10 bits per heavy atom. The molecule has 1 N–H and O–H groups in total. The van der Waals surface area contributed by atoms with Crippen molar-refractivity contribution >= 4 is 11.8 Å². The van der Waals surface area contributed by atoms with Crippen LogP contribution in [-0.2, 0) is 9.59 Å². The number of carbonyl (C=O) groups is 2. The van der Waals surface area contributed by atoms with Gasteiger partial charge in [0.25, 0.3) is 0 Å². The fourth-order valence-electron chi connectivity index (χ4n) is 5.69. The number of nitrogens with zero attached hydrogens (tertiary/aromatic N) is 3. The van der Waals surface area contributed by atoms with Gasteiger partial charge < -0.3 is 15.1 Å². The summed E-state index contributed by atoms with van der Waals surface area (Å²) in [4.78, 5) is 32.9. The van der Waals surface area contributed by atoms with Gasteiger partial charge in [0.15, 0.2) is 0 Å². The van der Waals surface area contributed by atoms with E-state index in [4.69, 9.17) is 0 Å². The molecular weight excluding hydrogens is 376 g/mol. The van der Waals surface area contributed by atoms with Gasteiger partial charge in [0, 0.05) is 45.2 Å². The van der Waals surface area contributed by atoms with Gasteiger partial charge in [-0.1, -0.05) is 33.1 Å². The summed E-state index contributed by atoms with van der Waals surface area (Å²) in [7, 11) is 0. The number of nitrogens with one attached hydrogen (secondary N) is 1. The average molecular weight is 421 g/mol. The van der Waals surface area contributed by atoms with Gasteiger partial charge in [0.1, 0.15) is 0 Å². The van der Waals surface area contributed by atoms with E-state index in [2.05, 4.69) is 29.0 Å². The second-order valence-electron chi connectivity index (χ2n) is 9.56. The summed E-state index contributed by atoms with van der Waals surface area (Å²) in [5.74, 6) is 1.16. The largest absolute Gasteiger partial charge is 0.353 e.